The molecule has 1 amide bonds. The first-order valence-corrected chi connectivity index (χ1v) is 10.1. The van der Waals surface area contributed by atoms with E-state index in [9.17, 15) is 4.79 Å². The molecule has 1 atom stereocenters. The number of rotatable bonds is 5. The Morgan fingerprint density at radius 3 is 2.58 bits per heavy atom. The van der Waals surface area contributed by atoms with E-state index >= 15 is 0 Å². The fraction of sp³-hybridized carbons (Fsp3) is 0.208. The molecule has 0 aliphatic carbocycles. The number of likely N-dealkylation sites (tertiary alicyclic amines) is 1. The lowest BCUT2D eigenvalue weighted by Crippen LogP contribution is -2.40. The molecule has 3 aromatic rings. The zero-order valence-electron chi connectivity index (χ0n) is 17.1. The quantitative estimate of drug-likeness (QED) is 0.480. The first-order valence-electron chi connectivity index (χ1n) is 10.1. The van der Waals surface area contributed by atoms with Gasteiger partial charge in [0, 0.05) is 13.1 Å². The van der Waals surface area contributed by atoms with Crippen LogP contribution in [0.15, 0.2) is 67.3 Å². The number of anilines is 1. The van der Waals surface area contributed by atoms with E-state index < -0.39 is 0 Å². The van der Waals surface area contributed by atoms with Crippen LogP contribution in [0.1, 0.15) is 18.9 Å². The largest absolute Gasteiger partial charge is 0.457 e. The van der Waals surface area contributed by atoms with Gasteiger partial charge in [-0.05, 0) is 48.7 Å². The highest BCUT2D eigenvalue weighted by Crippen LogP contribution is 2.38. The van der Waals surface area contributed by atoms with Crippen molar-refractivity contribution in [2.45, 2.75) is 18.9 Å². The third kappa shape index (κ3) is 4.14. The second-order valence-electron chi connectivity index (χ2n) is 7.36. The van der Waals surface area contributed by atoms with Crippen LogP contribution in [-0.2, 0) is 4.79 Å². The lowest BCUT2D eigenvalue weighted by Gasteiger charge is -2.32. The molecule has 1 unspecified atom stereocenters. The van der Waals surface area contributed by atoms with E-state index in [1.807, 2.05) is 54.6 Å². The van der Waals surface area contributed by atoms with E-state index in [4.69, 9.17) is 17.0 Å². The fourth-order valence-electron chi connectivity index (χ4n) is 3.81. The molecule has 156 valence electrons. The normalized spacial score (nSPS) is 15.8. The molecule has 4 rings (SSSR count). The highest BCUT2D eigenvalue weighted by atomic mass is 16.5. The van der Waals surface area contributed by atoms with Crippen molar-refractivity contribution in [3.05, 3.63) is 78.7 Å². The first-order chi connectivity index (χ1) is 15.1. The summed E-state index contributed by atoms with van der Waals surface area (Å²) in [4.78, 5) is 17.4. The number of nitrogen functional groups attached to an aromatic ring is 1. The van der Waals surface area contributed by atoms with Crippen LogP contribution in [0.5, 0.6) is 11.5 Å². The number of carbonyl (C=O) groups excluding carboxylic acids is 1. The van der Waals surface area contributed by atoms with E-state index in [2.05, 4.69) is 16.5 Å². The van der Waals surface area contributed by atoms with Crippen molar-refractivity contribution < 1.29 is 9.53 Å². The minimum absolute atomic E-state index is 0.0763. The second-order valence-corrected chi connectivity index (χ2v) is 7.36. The van der Waals surface area contributed by atoms with Gasteiger partial charge in [0.25, 0.3) is 5.69 Å². The van der Waals surface area contributed by atoms with Crippen molar-refractivity contribution in [3.8, 4) is 22.8 Å². The zero-order valence-corrected chi connectivity index (χ0v) is 17.1. The Balaban J connectivity index is 1.60. The van der Waals surface area contributed by atoms with Crippen LogP contribution in [0.25, 0.3) is 16.1 Å². The summed E-state index contributed by atoms with van der Waals surface area (Å²) < 4.78 is 7.53. The van der Waals surface area contributed by atoms with Crippen molar-refractivity contribution in [1.29, 1.82) is 0 Å². The van der Waals surface area contributed by atoms with Crippen LogP contribution < -0.4 is 10.5 Å². The number of amides is 1. The number of para-hydroxylation sites is 1. The lowest BCUT2D eigenvalue weighted by atomic mass is 10.1. The van der Waals surface area contributed by atoms with Gasteiger partial charge in [-0.15, -0.1) is 0 Å². The molecule has 1 aromatic heterocycles. The summed E-state index contributed by atoms with van der Waals surface area (Å²) in [5.74, 6) is 1.67. The Hall–Kier alpha value is -4.05. The monoisotopic (exact) mass is 413 g/mol. The molecular weight excluding hydrogens is 390 g/mol. The molecule has 1 aliphatic heterocycles. The Labute approximate surface area is 181 Å². The molecule has 1 fully saturated rings. The number of hydrogen-bond acceptors (Lipinski definition) is 4. The van der Waals surface area contributed by atoms with Crippen LogP contribution in [0, 0.1) is 6.57 Å². The number of hydrogen-bond donors (Lipinski definition) is 1. The maximum absolute atomic E-state index is 12.0. The summed E-state index contributed by atoms with van der Waals surface area (Å²) in [7, 11) is 0. The molecule has 0 spiro atoms. The maximum atomic E-state index is 12.0. The number of carbonyl (C=O) groups is 1. The number of aromatic nitrogens is 2. The van der Waals surface area contributed by atoms with Gasteiger partial charge in [-0.25, -0.2) is 4.85 Å². The number of ether oxygens (including phenoxy) is 1. The molecule has 1 aliphatic rings. The van der Waals surface area contributed by atoms with Gasteiger partial charge >= 0.3 is 0 Å². The molecule has 31 heavy (non-hydrogen) atoms. The van der Waals surface area contributed by atoms with Crippen molar-refractivity contribution in [2.24, 2.45) is 0 Å². The SMILES string of the molecule is [C-]#[N+]c1c(-c2ccc(Oc3ccccc3)cc2)nn(C2CCCN(C(=O)C=C)C2)c1N. The van der Waals surface area contributed by atoms with Crippen LogP contribution >= 0.6 is 0 Å². The van der Waals surface area contributed by atoms with Crippen LogP contribution in [0.4, 0.5) is 11.5 Å². The zero-order chi connectivity index (χ0) is 21.8. The van der Waals surface area contributed by atoms with E-state index in [1.165, 1.54) is 6.08 Å². The second kappa shape index (κ2) is 8.76. The van der Waals surface area contributed by atoms with E-state index in [-0.39, 0.29) is 11.9 Å². The molecule has 7 heteroatoms. The van der Waals surface area contributed by atoms with Gasteiger partial charge in [-0.2, -0.15) is 5.10 Å². The van der Waals surface area contributed by atoms with Gasteiger partial charge in [-0.3, -0.25) is 9.48 Å². The summed E-state index contributed by atoms with van der Waals surface area (Å²) in [5, 5.41) is 4.68. The topological polar surface area (TPSA) is 77.7 Å². The Morgan fingerprint density at radius 1 is 1.19 bits per heavy atom. The summed E-state index contributed by atoms with van der Waals surface area (Å²) in [5.41, 5.74) is 7.95. The van der Waals surface area contributed by atoms with Crippen LogP contribution in [-0.4, -0.2) is 33.7 Å². The highest BCUT2D eigenvalue weighted by molar-refractivity contribution is 5.87. The average molecular weight is 413 g/mol. The Bertz CT molecular complexity index is 1130. The predicted octanol–water partition coefficient (Wildman–Crippen LogP) is 4.82. The molecule has 2 aromatic carbocycles. The number of piperidine rings is 1. The van der Waals surface area contributed by atoms with Gasteiger partial charge < -0.3 is 15.4 Å². The summed E-state index contributed by atoms with van der Waals surface area (Å²) in [6.07, 6.45) is 3.01. The molecule has 2 heterocycles. The fourth-order valence-corrected chi connectivity index (χ4v) is 3.81. The molecular formula is C24H23N5O2. The van der Waals surface area contributed by atoms with Gasteiger partial charge in [0.05, 0.1) is 12.6 Å². The van der Waals surface area contributed by atoms with Crippen molar-refractivity contribution >= 4 is 17.4 Å². The average Bonchev–Trinajstić information content (AvgIpc) is 3.16. The number of nitrogens with two attached hydrogens (primary N) is 1. The molecule has 1 saturated heterocycles. The van der Waals surface area contributed by atoms with Gasteiger partial charge in [0.15, 0.2) is 0 Å². The molecule has 7 nitrogen and oxygen atoms in total. The Kier molecular flexibility index (Phi) is 5.72. The number of benzene rings is 2. The van der Waals surface area contributed by atoms with Gasteiger partial charge in [0.1, 0.15) is 23.0 Å². The first kappa shape index (κ1) is 20.2. The smallest absolute Gasteiger partial charge is 0.254 e. The summed E-state index contributed by atoms with van der Waals surface area (Å²) in [6, 6.07) is 16.9. The van der Waals surface area contributed by atoms with Crippen molar-refractivity contribution in [3.63, 3.8) is 0 Å². The van der Waals surface area contributed by atoms with Crippen molar-refractivity contribution in [1.82, 2.24) is 14.7 Å². The molecule has 0 bridgehead atoms. The van der Waals surface area contributed by atoms with E-state index in [0.717, 1.165) is 24.2 Å². The minimum atomic E-state index is -0.102. The van der Waals surface area contributed by atoms with E-state index in [0.29, 0.717) is 36.0 Å². The van der Waals surface area contributed by atoms with Crippen LogP contribution in [0.2, 0.25) is 0 Å². The molecule has 0 saturated carbocycles. The van der Waals surface area contributed by atoms with E-state index in [1.54, 1.807) is 9.58 Å². The lowest BCUT2D eigenvalue weighted by molar-refractivity contribution is -0.127. The Morgan fingerprint density at radius 2 is 1.90 bits per heavy atom. The molecule has 0 radical (unpaired) electrons. The van der Waals surface area contributed by atoms with Crippen LogP contribution in [0.3, 0.4) is 0 Å². The minimum Gasteiger partial charge on any atom is -0.457 e. The van der Waals surface area contributed by atoms with Gasteiger partial charge in [0.2, 0.25) is 5.91 Å². The molecule has 2 N–H and O–H groups in total. The van der Waals surface area contributed by atoms with Gasteiger partial charge in [-0.1, -0.05) is 36.9 Å². The van der Waals surface area contributed by atoms with Crippen molar-refractivity contribution in [2.75, 3.05) is 18.8 Å². The maximum Gasteiger partial charge on any atom is 0.254 e. The predicted molar refractivity (Wildman–Crippen MR) is 120 cm³/mol. The summed E-state index contributed by atoms with van der Waals surface area (Å²) in [6.45, 7) is 12.4. The third-order valence-corrected chi connectivity index (χ3v) is 5.37. The third-order valence-electron chi connectivity index (χ3n) is 5.37. The highest BCUT2D eigenvalue weighted by Gasteiger charge is 2.28. The summed E-state index contributed by atoms with van der Waals surface area (Å²) >= 11 is 0. The standard InChI is InChI=1S/C24H23N5O2/c1-3-21(30)28-15-7-8-18(16-28)29-24(25)23(26-2)22(27-29)17-11-13-20(14-12-17)31-19-9-5-4-6-10-19/h3-6,9-14,18H,1,7-8,15-16,25H2. The number of nitrogens with zero attached hydrogens (tertiary/aromatic N) is 4.